The smallest absolute Gasteiger partial charge is 0 e. The van der Waals surface area contributed by atoms with Crippen molar-refractivity contribution in [3.05, 3.63) is 48.5 Å². The van der Waals surface area contributed by atoms with Crippen LogP contribution in [0.25, 0.3) is 0 Å². The summed E-state index contributed by atoms with van der Waals surface area (Å²) in [7, 11) is 9.76. The zero-order chi connectivity index (χ0) is 27.1. The van der Waals surface area contributed by atoms with Gasteiger partial charge in [-0.05, 0) is 74.0 Å². The van der Waals surface area contributed by atoms with E-state index < -0.39 is 0 Å². The summed E-state index contributed by atoms with van der Waals surface area (Å²) >= 11 is -0.106. The Kier molecular flexibility index (Phi) is 18.9. The van der Waals surface area contributed by atoms with E-state index in [1.807, 2.05) is 40.9 Å². The van der Waals surface area contributed by atoms with E-state index in [2.05, 4.69) is 18.2 Å². The van der Waals surface area contributed by atoms with Crippen molar-refractivity contribution in [3.63, 3.8) is 0 Å². The number of rotatable bonds is 6. The third-order valence-electron chi connectivity index (χ3n) is 9.75. The molecule has 0 saturated heterocycles. The van der Waals surface area contributed by atoms with Gasteiger partial charge in [0, 0.05) is 17.1 Å². The van der Waals surface area contributed by atoms with Gasteiger partial charge < -0.3 is 30.3 Å². The molecule has 4 fully saturated rings. The average Bonchev–Trinajstić information content (AvgIpc) is 3.73. The Labute approximate surface area is 276 Å². The van der Waals surface area contributed by atoms with E-state index in [4.69, 9.17) is 19.1 Å². The largest absolute Gasteiger partial charge is 0.748 e. The first-order valence-corrected chi connectivity index (χ1v) is 23.1. The Bertz CT molecular complexity index is 743. The van der Waals surface area contributed by atoms with Crippen molar-refractivity contribution < 1.29 is 33.0 Å². The molecule has 4 aliphatic carbocycles. The Balaban J connectivity index is 0.000000429. The fourth-order valence-electron chi connectivity index (χ4n) is 7.98. The summed E-state index contributed by atoms with van der Waals surface area (Å²) in [6, 6.07) is 17.9. The molecule has 0 amide bonds. The molecule has 4 aliphatic rings. The summed E-state index contributed by atoms with van der Waals surface area (Å²) in [6.07, 6.45) is 30.6. The van der Waals surface area contributed by atoms with Gasteiger partial charge in [0.1, 0.15) is 0 Å². The third-order valence-corrected chi connectivity index (χ3v) is 17.0. The molecule has 0 aromatic heterocycles. The number of hydrogen-bond donors (Lipinski definition) is 0. The number of hydrogen-bond acceptors (Lipinski definition) is 0. The van der Waals surface area contributed by atoms with Crippen molar-refractivity contribution in [3.8, 4) is 0 Å². The van der Waals surface area contributed by atoms with Crippen LogP contribution in [-0.2, 0) is 33.0 Å². The molecule has 4 saturated carbocycles. The zero-order valence-corrected chi connectivity index (χ0v) is 30.3. The van der Waals surface area contributed by atoms with Gasteiger partial charge in [-0.2, -0.15) is 6.07 Å². The molecule has 236 valence electrons. The van der Waals surface area contributed by atoms with Crippen molar-refractivity contribution in [2.45, 2.75) is 151 Å². The predicted molar refractivity (Wildman–Crippen MR) is 176 cm³/mol. The van der Waals surface area contributed by atoms with Gasteiger partial charge in [0.05, 0.1) is 0 Å². The van der Waals surface area contributed by atoms with Gasteiger partial charge in [0.15, 0.2) is 0 Å². The molecule has 0 heterocycles. The van der Waals surface area contributed by atoms with Crippen LogP contribution >= 0.6 is 34.9 Å². The van der Waals surface area contributed by atoms with Crippen LogP contribution < -0.4 is 10.6 Å². The van der Waals surface area contributed by atoms with Crippen LogP contribution in [-0.4, -0.2) is 22.6 Å². The maximum atomic E-state index is 4.81. The minimum absolute atomic E-state index is 0. The number of halogens is 2. The van der Waals surface area contributed by atoms with Crippen LogP contribution in [0.15, 0.2) is 48.5 Å². The fraction of sp³-hybridized carbons (Fsp3) is 0.706. The molecule has 0 nitrogen and oxygen atoms in total. The first kappa shape index (κ1) is 35.8. The van der Waals surface area contributed by atoms with Crippen LogP contribution in [0.4, 0.5) is 0 Å². The maximum Gasteiger partial charge on any atom is 0 e. The third kappa shape index (κ3) is 11.0. The minimum Gasteiger partial charge on any atom is -0.748 e. The van der Waals surface area contributed by atoms with Crippen LogP contribution in [0.2, 0.25) is 0 Å². The first-order chi connectivity index (χ1) is 19.3. The molecule has 6 rings (SSSR count). The standard InChI is InChI=1S/C29H47P2.C5H5.2ClH.Fe.Pd/c1-5-14-24(15-6-1)30(25-16-7-2-8-17-25)28-22-13-23-29(28)31(26-18-9-3-10-19-26)27-20-11-4-12-21-27;1-2-4-5-3-1;;;;/h13,22-27H,1-12,14-21H2;1-5H;2*1H;;/q-1;-5;;;;+2/p-2. The van der Waals surface area contributed by atoms with Gasteiger partial charge in [-0.3, -0.25) is 0 Å². The molecule has 2 aromatic rings. The Morgan fingerprint density at radius 2 is 0.900 bits per heavy atom. The fourth-order valence-corrected chi connectivity index (χ4v) is 16.3. The van der Waals surface area contributed by atoms with Gasteiger partial charge >= 0.3 is 35.0 Å². The van der Waals surface area contributed by atoms with Crippen molar-refractivity contribution in [1.29, 1.82) is 0 Å². The molecule has 0 radical (unpaired) electrons. The molecule has 0 bridgehead atoms. The molecule has 0 spiro atoms. The van der Waals surface area contributed by atoms with Gasteiger partial charge in [-0.15, -0.1) is 18.5 Å². The molecular weight excluding hydrogens is 703 g/mol. The maximum absolute atomic E-state index is 4.81. The van der Waals surface area contributed by atoms with E-state index in [0.717, 1.165) is 22.6 Å². The Hall–Kier alpha value is 1.32. The molecule has 0 unspecified atom stereocenters. The summed E-state index contributed by atoms with van der Waals surface area (Å²) < 4.78 is 0. The predicted octanol–water partition coefficient (Wildman–Crippen LogP) is 11.7. The van der Waals surface area contributed by atoms with Gasteiger partial charge in [-0.1, -0.05) is 85.0 Å². The normalized spacial score (nSPS) is 21.8. The molecule has 2 aromatic carbocycles. The molecule has 0 atom stereocenters. The van der Waals surface area contributed by atoms with Crippen molar-refractivity contribution in [2.24, 2.45) is 0 Å². The van der Waals surface area contributed by atoms with Crippen molar-refractivity contribution in [1.82, 2.24) is 0 Å². The van der Waals surface area contributed by atoms with Gasteiger partial charge in [0.25, 0.3) is 0 Å². The second-order valence-corrected chi connectivity index (χ2v) is 20.2. The quantitative estimate of drug-likeness (QED) is 0.156. The zero-order valence-electron chi connectivity index (χ0n) is 24.4. The minimum atomic E-state index is -0.106. The summed E-state index contributed by atoms with van der Waals surface area (Å²) in [5.74, 6) is 0. The second-order valence-electron chi connectivity index (χ2n) is 12.3. The van der Waals surface area contributed by atoms with Crippen LogP contribution in [0.1, 0.15) is 128 Å². The summed E-state index contributed by atoms with van der Waals surface area (Å²) in [5.41, 5.74) is 4.23. The summed E-state index contributed by atoms with van der Waals surface area (Å²) in [6.45, 7) is 0. The van der Waals surface area contributed by atoms with Gasteiger partial charge in [-0.25, -0.2) is 12.1 Å². The van der Waals surface area contributed by atoms with E-state index in [1.54, 1.807) is 51.4 Å². The van der Waals surface area contributed by atoms with E-state index >= 15 is 0 Å². The molecule has 6 heteroatoms. The van der Waals surface area contributed by atoms with Crippen LogP contribution in [0, 0.1) is 0 Å². The second kappa shape index (κ2) is 21.1. The Morgan fingerprint density at radius 1 is 0.575 bits per heavy atom. The monoisotopic (exact) mass is 754 g/mol. The van der Waals surface area contributed by atoms with Crippen LogP contribution in [0.5, 0.6) is 0 Å². The molecule has 40 heavy (non-hydrogen) atoms. The SMILES string of the molecule is [Cl][Pd][Cl].[Fe].[cH-]1[cH-][cH-][cH-][cH-]1.c1cc(P(C2CCCCC2)C2CCCCC2)[c-](P(C2CCCCC2)C2CCCCC2)c1. The first-order valence-electron chi connectivity index (χ1n) is 16.1. The average molecular weight is 756 g/mol. The molecule has 0 N–H and O–H groups in total. The Morgan fingerprint density at radius 3 is 1.25 bits per heavy atom. The van der Waals surface area contributed by atoms with E-state index in [9.17, 15) is 0 Å². The van der Waals surface area contributed by atoms with Gasteiger partial charge in [0.2, 0.25) is 0 Å². The van der Waals surface area contributed by atoms with E-state index in [-0.39, 0.29) is 48.9 Å². The van der Waals surface area contributed by atoms with Crippen molar-refractivity contribution >= 4 is 45.5 Å². The van der Waals surface area contributed by atoms with E-state index in [1.165, 1.54) is 77.0 Å². The molecular formula is C34H52Cl2FeP2Pd-6. The topological polar surface area (TPSA) is 0 Å². The van der Waals surface area contributed by atoms with E-state index in [0.29, 0.717) is 0 Å². The summed E-state index contributed by atoms with van der Waals surface area (Å²) in [5, 5.41) is 3.94. The van der Waals surface area contributed by atoms with Crippen LogP contribution in [0.3, 0.4) is 0 Å². The molecule has 0 aliphatic heterocycles. The van der Waals surface area contributed by atoms with Crippen molar-refractivity contribution in [2.75, 3.05) is 0 Å². The summed E-state index contributed by atoms with van der Waals surface area (Å²) in [4.78, 5) is 0.